The minimum Gasteiger partial charge on any atom is -0.377 e. The van der Waals surface area contributed by atoms with Crippen LogP contribution in [0.3, 0.4) is 0 Å². The van der Waals surface area contributed by atoms with Gasteiger partial charge in [-0.1, -0.05) is 18.2 Å². The Labute approximate surface area is 118 Å². The van der Waals surface area contributed by atoms with Crippen LogP contribution < -0.4 is 5.32 Å². The van der Waals surface area contributed by atoms with E-state index in [-0.39, 0.29) is 18.1 Å². The van der Waals surface area contributed by atoms with E-state index in [2.05, 4.69) is 5.32 Å². The second-order valence-corrected chi connectivity index (χ2v) is 5.01. The number of aryl methyl sites for hydroxylation is 3. The summed E-state index contributed by atoms with van der Waals surface area (Å²) in [6.45, 7) is 5.87. The molecule has 0 aliphatic heterocycles. The number of halogens is 1. The molecule has 0 aromatic heterocycles. The van der Waals surface area contributed by atoms with E-state index in [1.807, 2.05) is 32.0 Å². The van der Waals surface area contributed by atoms with Gasteiger partial charge in [0, 0.05) is 11.3 Å². The largest absolute Gasteiger partial charge is 0.377 e. The van der Waals surface area contributed by atoms with Crippen molar-refractivity contribution in [1.82, 2.24) is 0 Å². The molecule has 104 valence electrons. The molecule has 0 aliphatic carbocycles. The molecule has 20 heavy (non-hydrogen) atoms. The molecule has 2 aromatic carbocycles. The number of rotatable bonds is 4. The summed E-state index contributed by atoms with van der Waals surface area (Å²) in [5.74, 6) is -0.333. The first-order valence-corrected chi connectivity index (χ1v) is 6.58. The standard InChI is InChI=1S/C17H18FNO/c1-11-5-4-6-12(2)17(11)19-10-16(20)14-7-8-15(18)13(3)9-14/h4-9,19H,10H2,1-3H3. The molecule has 0 spiro atoms. The quantitative estimate of drug-likeness (QED) is 0.850. The maximum Gasteiger partial charge on any atom is 0.181 e. The molecule has 0 saturated carbocycles. The molecule has 0 bridgehead atoms. The van der Waals surface area contributed by atoms with Crippen molar-refractivity contribution < 1.29 is 9.18 Å². The summed E-state index contributed by atoms with van der Waals surface area (Å²) in [5.41, 5.74) is 4.21. The molecule has 0 atom stereocenters. The summed E-state index contributed by atoms with van der Waals surface area (Å²) < 4.78 is 13.2. The minimum atomic E-state index is -0.288. The van der Waals surface area contributed by atoms with Crippen molar-refractivity contribution in [3.8, 4) is 0 Å². The van der Waals surface area contributed by atoms with Gasteiger partial charge in [-0.05, 0) is 55.7 Å². The molecule has 0 aliphatic rings. The number of nitrogens with one attached hydrogen (secondary N) is 1. The lowest BCUT2D eigenvalue weighted by Gasteiger charge is -2.12. The van der Waals surface area contributed by atoms with Gasteiger partial charge in [-0.25, -0.2) is 4.39 Å². The van der Waals surface area contributed by atoms with E-state index in [1.54, 1.807) is 13.0 Å². The highest BCUT2D eigenvalue weighted by Gasteiger charge is 2.09. The van der Waals surface area contributed by atoms with Gasteiger partial charge < -0.3 is 5.32 Å². The topological polar surface area (TPSA) is 29.1 Å². The molecule has 0 unspecified atom stereocenters. The second kappa shape index (κ2) is 5.87. The van der Waals surface area contributed by atoms with Gasteiger partial charge in [0.15, 0.2) is 5.78 Å². The van der Waals surface area contributed by atoms with Gasteiger partial charge in [-0.3, -0.25) is 4.79 Å². The fraction of sp³-hybridized carbons (Fsp3) is 0.235. The Morgan fingerprint density at radius 2 is 1.70 bits per heavy atom. The number of hydrogen-bond acceptors (Lipinski definition) is 2. The number of hydrogen-bond donors (Lipinski definition) is 1. The van der Waals surface area contributed by atoms with E-state index >= 15 is 0 Å². The summed E-state index contributed by atoms with van der Waals surface area (Å²) in [7, 11) is 0. The molecule has 0 saturated heterocycles. The average molecular weight is 271 g/mol. The second-order valence-electron chi connectivity index (χ2n) is 5.01. The third-order valence-electron chi connectivity index (χ3n) is 3.39. The maximum atomic E-state index is 13.2. The lowest BCUT2D eigenvalue weighted by molar-refractivity contribution is 0.101. The highest BCUT2D eigenvalue weighted by atomic mass is 19.1. The Morgan fingerprint density at radius 3 is 2.30 bits per heavy atom. The predicted molar refractivity (Wildman–Crippen MR) is 79.9 cm³/mol. The number of carbonyl (C=O) groups excluding carboxylic acids is 1. The maximum absolute atomic E-state index is 13.2. The summed E-state index contributed by atoms with van der Waals surface area (Å²) >= 11 is 0. The van der Waals surface area contributed by atoms with Gasteiger partial charge in [-0.2, -0.15) is 0 Å². The first kappa shape index (κ1) is 14.3. The SMILES string of the molecule is Cc1cc(C(=O)CNc2c(C)cccc2C)ccc1F. The normalized spacial score (nSPS) is 10.4. The zero-order valence-electron chi connectivity index (χ0n) is 12.0. The Bertz CT molecular complexity index is 629. The zero-order valence-corrected chi connectivity index (χ0v) is 12.0. The molecule has 2 nitrogen and oxygen atoms in total. The van der Waals surface area contributed by atoms with E-state index < -0.39 is 0 Å². The summed E-state index contributed by atoms with van der Waals surface area (Å²) in [6.07, 6.45) is 0. The van der Waals surface area contributed by atoms with Crippen LogP contribution in [0.5, 0.6) is 0 Å². The van der Waals surface area contributed by atoms with Crippen LogP contribution in [-0.2, 0) is 0 Å². The minimum absolute atomic E-state index is 0.0456. The molecular weight excluding hydrogens is 253 g/mol. The van der Waals surface area contributed by atoms with Gasteiger partial charge in [0.1, 0.15) is 5.82 Å². The van der Waals surface area contributed by atoms with Crippen LogP contribution >= 0.6 is 0 Å². The number of ketones is 1. The molecule has 0 fully saturated rings. The number of anilines is 1. The molecule has 2 aromatic rings. The molecule has 1 N–H and O–H groups in total. The molecule has 2 rings (SSSR count). The molecule has 0 heterocycles. The Hall–Kier alpha value is -2.16. The lowest BCUT2D eigenvalue weighted by atomic mass is 10.1. The van der Waals surface area contributed by atoms with Crippen molar-refractivity contribution in [2.45, 2.75) is 20.8 Å². The third-order valence-corrected chi connectivity index (χ3v) is 3.39. The third kappa shape index (κ3) is 3.05. The summed E-state index contributed by atoms with van der Waals surface area (Å²) in [6, 6.07) is 10.4. The lowest BCUT2D eigenvalue weighted by Crippen LogP contribution is -2.15. The van der Waals surface area contributed by atoms with Gasteiger partial charge in [-0.15, -0.1) is 0 Å². The Balaban J connectivity index is 2.11. The van der Waals surface area contributed by atoms with Crippen LogP contribution in [0.25, 0.3) is 0 Å². The van der Waals surface area contributed by atoms with Crippen LogP contribution in [0.4, 0.5) is 10.1 Å². The monoisotopic (exact) mass is 271 g/mol. The summed E-state index contributed by atoms with van der Waals surface area (Å²) in [4.78, 5) is 12.1. The molecule has 3 heteroatoms. The van der Waals surface area contributed by atoms with Gasteiger partial charge in [0.25, 0.3) is 0 Å². The van der Waals surface area contributed by atoms with E-state index in [4.69, 9.17) is 0 Å². The van der Waals surface area contributed by atoms with Crippen molar-refractivity contribution in [1.29, 1.82) is 0 Å². The van der Waals surface area contributed by atoms with Crippen LogP contribution in [-0.4, -0.2) is 12.3 Å². The molecule has 0 radical (unpaired) electrons. The van der Waals surface area contributed by atoms with E-state index in [1.165, 1.54) is 12.1 Å². The van der Waals surface area contributed by atoms with Gasteiger partial charge in [0.2, 0.25) is 0 Å². The highest BCUT2D eigenvalue weighted by molar-refractivity contribution is 5.99. The van der Waals surface area contributed by atoms with E-state index in [0.717, 1.165) is 16.8 Å². The van der Waals surface area contributed by atoms with Crippen molar-refractivity contribution >= 4 is 11.5 Å². The molecular formula is C17H18FNO. The number of benzene rings is 2. The summed E-state index contributed by atoms with van der Waals surface area (Å²) in [5, 5.41) is 3.17. The van der Waals surface area contributed by atoms with Crippen LogP contribution in [0, 0.1) is 26.6 Å². The van der Waals surface area contributed by atoms with E-state index in [0.29, 0.717) is 11.1 Å². The smallest absolute Gasteiger partial charge is 0.181 e. The fourth-order valence-electron chi connectivity index (χ4n) is 2.18. The first-order chi connectivity index (χ1) is 9.49. The van der Waals surface area contributed by atoms with Crippen molar-refractivity contribution in [3.05, 3.63) is 64.5 Å². The first-order valence-electron chi connectivity index (χ1n) is 6.58. The fourth-order valence-corrected chi connectivity index (χ4v) is 2.18. The van der Waals surface area contributed by atoms with E-state index in [9.17, 15) is 9.18 Å². The number of para-hydroxylation sites is 1. The average Bonchev–Trinajstić information content (AvgIpc) is 2.41. The zero-order chi connectivity index (χ0) is 14.7. The van der Waals surface area contributed by atoms with Crippen LogP contribution in [0.2, 0.25) is 0 Å². The molecule has 0 amide bonds. The van der Waals surface area contributed by atoms with Crippen molar-refractivity contribution in [2.24, 2.45) is 0 Å². The van der Waals surface area contributed by atoms with Gasteiger partial charge in [0.05, 0.1) is 6.54 Å². The van der Waals surface area contributed by atoms with Crippen LogP contribution in [0.1, 0.15) is 27.0 Å². The number of carbonyl (C=O) groups is 1. The van der Waals surface area contributed by atoms with Crippen molar-refractivity contribution in [2.75, 3.05) is 11.9 Å². The van der Waals surface area contributed by atoms with Crippen LogP contribution in [0.15, 0.2) is 36.4 Å². The number of Topliss-reactive ketones (excluding diaryl/α,β-unsaturated/α-hetero) is 1. The predicted octanol–water partition coefficient (Wildman–Crippen LogP) is 4.05. The Kier molecular flexibility index (Phi) is 4.18. The van der Waals surface area contributed by atoms with Gasteiger partial charge >= 0.3 is 0 Å². The Morgan fingerprint density at radius 1 is 1.05 bits per heavy atom. The van der Waals surface area contributed by atoms with Crippen molar-refractivity contribution in [3.63, 3.8) is 0 Å². The highest BCUT2D eigenvalue weighted by Crippen LogP contribution is 2.19.